The maximum Gasteiger partial charge on any atom is 0.261 e. The average molecular weight is 552 g/mol. The van der Waals surface area contributed by atoms with Crippen molar-refractivity contribution in [3.63, 3.8) is 0 Å². The van der Waals surface area contributed by atoms with Crippen molar-refractivity contribution in [1.82, 2.24) is 4.57 Å². The molecule has 7 rings (SSSR count). The van der Waals surface area contributed by atoms with Crippen molar-refractivity contribution in [1.29, 1.82) is 0 Å². The van der Waals surface area contributed by atoms with Crippen molar-refractivity contribution < 1.29 is 44.2 Å². The van der Waals surface area contributed by atoms with Gasteiger partial charge in [0, 0.05) is 41.9 Å². The summed E-state index contributed by atoms with van der Waals surface area (Å²) in [4.78, 5) is 27.2. The van der Waals surface area contributed by atoms with Crippen molar-refractivity contribution in [3.05, 3.63) is 78.2 Å². The fourth-order valence-corrected chi connectivity index (χ4v) is 7.05. The number of hydrogen-bond acceptors (Lipinski definition) is 10. The first-order valence-electron chi connectivity index (χ1n) is 13.2. The molecule has 1 fully saturated rings. The van der Waals surface area contributed by atoms with E-state index in [-0.39, 0.29) is 77.3 Å². The summed E-state index contributed by atoms with van der Waals surface area (Å²) in [7, 11) is 3.07. The van der Waals surface area contributed by atoms with Crippen LogP contribution in [0, 0.1) is 12.3 Å². The van der Waals surface area contributed by atoms with Gasteiger partial charge in [-0.1, -0.05) is 6.08 Å². The largest absolute Gasteiger partial charge is 0.511 e. The number of pyridine rings is 1. The molecule has 2 aliphatic heterocycles. The number of nitrogens with zero attached hydrogens (tertiary/aromatic N) is 1. The minimum absolute atomic E-state index is 0.00480. The number of aliphatic hydroxyl groups excluding tert-OH is 4. The highest BCUT2D eigenvalue weighted by Crippen LogP contribution is 2.55. The predicted octanol–water partition coefficient (Wildman–Crippen LogP) is 0.0250. The molecule has 1 saturated heterocycles. The van der Waals surface area contributed by atoms with Crippen LogP contribution in [0.1, 0.15) is 31.4 Å². The van der Waals surface area contributed by atoms with Gasteiger partial charge in [-0.05, 0) is 25.8 Å². The molecule has 1 aromatic rings. The van der Waals surface area contributed by atoms with Crippen molar-refractivity contribution in [3.8, 4) is 0 Å². The highest BCUT2D eigenvalue weighted by molar-refractivity contribution is 6.15. The molecule has 6 aliphatic rings. The van der Waals surface area contributed by atoms with Crippen molar-refractivity contribution in [2.75, 3.05) is 13.9 Å². The molecule has 0 amide bonds. The predicted molar refractivity (Wildman–Crippen MR) is 138 cm³/mol. The molecule has 40 heavy (non-hydrogen) atoms. The van der Waals surface area contributed by atoms with Crippen molar-refractivity contribution >= 4 is 17.3 Å². The van der Waals surface area contributed by atoms with Crippen LogP contribution in [0.5, 0.6) is 0 Å². The summed E-state index contributed by atoms with van der Waals surface area (Å²) in [6, 6.07) is 1.78. The molecule has 0 aromatic carbocycles. The van der Waals surface area contributed by atoms with Gasteiger partial charge in [0.15, 0.2) is 18.7 Å². The lowest BCUT2D eigenvalue weighted by molar-refractivity contribution is -0.132. The molecule has 1 aromatic heterocycles. The van der Waals surface area contributed by atoms with Crippen LogP contribution in [-0.2, 0) is 30.8 Å². The highest BCUT2D eigenvalue weighted by atomic mass is 16.7. The number of allylic oxidation sites excluding steroid dienone is 1. The van der Waals surface area contributed by atoms with E-state index in [0.29, 0.717) is 22.2 Å². The van der Waals surface area contributed by atoms with Gasteiger partial charge in [0.2, 0.25) is 0 Å². The van der Waals surface area contributed by atoms with E-state index in [1.54, 1.807) is 26.1 Å². The Labute approximate surface area is 227 Å². The first-order chi connectivity index (χ1) is 19.1. The Morgan fingerprint density at radius 3 is 2.62 bits per heavy atom. The minimum Gasteiger partial charge on any atom is -0.511 e. The molecular weight excluding hydrogens is 522 g/mol. The molecule has 4 N–H and O–H groups in total. The SMILES string of the molecule is COC1=C2C[C@@H]3OCOC4=c5cc(C)n(C)c(=O)c5=C(O)CC43C=C2C(=O)C2=C(O)C3=C(OC12)[C@@H](O)CC[C@@H]3O. The molecular formula is C29H29NO10. The van der Waals surface area contributed by atoms with Gasteiger partial charge in [-0.2, -0.15) is 0 Å². The van der Waals surface area contributed by atoms with Crippen molar-refractivity contribution in [2.45, 2.75) is 57.0 Å². The second-order valence-corrected chi connectivity index (χ2v) is 11.1. The maximum absolute atomic E-state index is 14.1. The lowest BCUT2D eigenvalue weighted by atomic mass is 9.63. The number of aliphatic hydroxyl groups is 4. The highest BCUT2D eigenvalue weighted by Gasteiger charge is 2.56. The van der Waals surface area contributed by atoms with Crippen LogP contribution in [0.2, 0.25) is 0 Å². The molecule has 0 radical (unpaired) electrons. The lowest BCUT2D eigenvalue weighted by Crippen LogP contribution is -2.57. The van der Waals surface area contributed by atoms with Gasteiger partial charge in [0.05, 0.1) is 41.1 Å². The van der Waals surface area contributed by atoms with E-state index in [0.717, 1.165) is 0 Å². The van der Waals surface area contributed by atoms with Crippen LogP contribution in [-0.4, -0.2) is 69.1 Å². The zero-order chi connectivity index (χ0) is 28.2. The number of ketones is 1. The van der Waals surface area contributed by atoms with Gasteiger partial charge in [-0.25, -0.2) is 0 Å². The molecule has 2 unspecified atom stereocenters. The Bertz CT molecular complexity index is 1720. The Morgan fingerprint density at radius 2 is 1.88 bits per heavy atom. The van der Waals surface area contributed by atoms with Gasteiger partial charge in [-0.3, -0.25) is 9.59 Å². The van der Waals surface area contributed by atoms with E-state index in [9.17, 15) is 30.0 Å². The lowest BCUT2D eigenvalue weighted by Gasteiger charge is -2.49. The molecule has 4 aliphatic carbocycles. The summed E-state index contributed by atoms with van der Waals surface area (Å²) in [6.45, 7) is 1.69. The van der Waals surface area contributed by atoms with E-state index < -0.39 is 41.4 Å². The number of aromatic nitrogens is 1. The van der Waals surface area contributed by atoms with Gasteiger partial charge < -0.3 is 43.9 Å². The Morgan fingerprint density at radius 1 is 1.12 bits per heavy atom. The number of methoxy groups -OCH3 is 1. The zero-order valence-corrected chi connectivity index (χ0v) is 22.2. The third-order valence-electron chi connectivity index (χ3n) is 9.13. The second kappa shape index (κ2) is 8.35. The number of hydrogen-bond donors (Lipinski definition) is 4. The average Bonchev–Trinajstić information content (AvgIpc) is 2.92. The standard InChI is InChI=1S/C29H29NO10/c1-11-6-13-19(28(36)30(11)2)17(33)9-29-8-14-12(7-18(29)38-10-39-27(13)29)24(37-3)26-21(22(14)34)23(35)20-15(31)4-5-16(32)25(20)40-26/h6,8,15-16,18,26,31-33,35H,4-5,7,9-10H2,1-3H3/t15-,16-,18-,26?,29?/m0/s1. The van der Waals surface area contributed by atoms with Gasteiger partial charge >= 0.3 is 0 Å². The third kappa shape index (κ3) is 3.05. The summed E-state index contributed by atoms with van der Waals surface area (Å²) in [5, 5.41) is 44.3. The monoisotopic (exact) mass is 551 g/mol. The van der Waals surface area contributed by atoms with Crippen LogP contribution in [0.15, 0.2) is 56.5 Å². The van der Waals surface area contributed by atoms with Crippen LogP contribution in [0.3, 0.4) is 0 Å². The van der Waals surface area contributed by atoms with Crippen molar-refractivity contribution in [2.24, 2.45) is 12.5 Å². The fraction of sp³-hybridized carbons (Fsp3) is 0.448. The quantitative estimate of drug-likeness (QED) is 0.375. The molecule has 5 atom stereocenters. The summed E-state index contributed by atoms with van der Waals surface area (Å²) in [6.07, 6.45) is -1.54. The summed E-state index contributed by atoms with van der Waals surface area (Å²) < 4.78 is 25.4. The first kappa shape index (κ1) is 25.2. The number of Topliss-reactive ketones (excluding diaryl/α,β-unsaturated/α-hetero) is 1. The van der Waals surface area contributed by atoms with E-state index in [2.05, 4.69) is 0 Å². The van der Waals surface area contributed by atoms with E-state index in [1.807, 2.05) is 0 Å². The molecule has 1 spiro atoms. The molecule has 3 heterocycles. The normalized spacial score (nSPS) is 32.6. The number of aryl methyl sites for hydroxylation is 1. The molecule has 210 valence electrons. The molecule has 0 saturated carbocycles. The first-order valence-corrected chi connectivity index (χ1v) is 13.2. The van der Waals surface area contributed by atoms with Crippen LogP contribution in [0.25, 0.3) is 11.5 Å². The third-order valence-corrected chi connectivity index (χ3v) is 9.13. The van der Waals surface area contributed by atoms with Gasteiger partial charge in [0.25, 0.3) is 5.56 Å². The number of ether oxygens (including phenoxy) is 4. The zero-order valence-electron chi connectivity index (χ0n) is 22.2. The summed E-state index contributed by atoms with van der Waals surface area (Å²) in [5.41, 5.74) is -0.131. The summed E-state index contributed by atoms with van der Waals surface area (Å²) >= 11 is 0. The Kier molecular flexibility index (Phi) is 5.26. The topological polar surface area (TPSA) is 157 Å². The molecule has 11 heteroatoms. The Hall–Kier alpha value is -3.80. The fourth-order valence-electron chi connectivity index (χ4n) is 7.05. The van der Waals surface area contributed by atoms with Crippen LogP contribution < -0.4 is 16.0 Å². The maximum atomic E-state index is 14.1. The molecule has 0 bridgehead atoms. The van der Waals surface area contributed by atoms with Crippen LogP contribution in [0.4, 0.5) is 0 Å². The van der Waals surface area contributed by atoms with E-state index >= 15 is 0 Å². The Balaban J connectivity index is 1.49. The van der Waals surface area contributed by atoms with Crippen LogP contribution >= 0.6 is 0 Å². The number of carbonyl (C=O) groups excluding carboxylic acids is 1. The van der Waals surface area contributed by atoms with Gasteiger partial charge in [-0.15, -0.1) is 0 Å². The van der Waals surface area contributed by atoms with Gasteiger partial charge in [0.1, 0.15) is 34.9 Å². The second-order valence-electron chi connectivity index (χ2n) is 11.1. The number of rotatable bonds is 1. The number of carbonyl (C=O) groups is 1. The summed E-state index contributed by atoms with van der Waals surface area (Å²) in [5.74, 6) is -0.336. The molecule has 11 nitrogen and oxygen atoms in total. The van der Waals surface area contributed by atoms with E-state index in [4.69, 9.17) is 18.9 Å². The smallest absolute Gasteiger partial charge is 0.261 e. The number of fused-ring (bicyclic) bond motifs is 3. The van der Waals surface area contributed by atoms with E-state index in [1.165, 1.54) is 11.7 Å². The minimum atomic E-state index is -1.11.